The number of nitrogen functional groups attached to an aromatic ring is 1. The minimum atomic E-state index is -0.311. The van der Waals surface area contributed by atoms with Gasteiger partial charge in [-0.2, -0.15) is 15.0 Å². The number of hydrogen-bond acceptors (Lipinski definition) is 7. The van der Waals surface area contributed by atoms with Crippen LogP contribution in [0.3, 0.4) is 0 Å². The number of aliphatic hydroxyl groups is 1. The first-order valence-corrected chi connectivity index (χ1v) is 7.28. The molecule has 0 unspecified atom stereocenters. The van der Waals surface area contributed by atoms with Crippen LogP contribution in [0, 0.1) is 0 Å². The standard InChI is InChI=1S/C13H24N6O/c1-3-19(4-2)12-16-10(14)15-11(17-12)18-13(9-20)7-5-6-8-13/h20H,3-9H2,1-2H3,(H3,14,15,16,17,18). The SMILES string of the molecule is CCN(CC)c1nc(N)nc(NC2(CO)CCCC2)n1. The van der Waals surface area contributed by atoms with E-state index in [0.29, 0.717) is 11.9 Å². The fourth-order valence-corrected chi connectivity index (χ4v) is 2.70. The molecule has 1 aliphatic rings. The molecule has 4 N–H and O–H groups in total. The maximum atomic E-state index is 9.64. The lowest BCUT2D eigenvalue weighted by atomic mass is 9.99. The molecule has 0 amide bonds. The van der Waals surface area contributed by atoms with Gasteiger partial charge >= 0.3 is 0 Å². The van der Waals surface area contributed by atoms with Gasteiger partial charge in [0.05, 0.1) is 12.1 Å². The van der Waals surface area contributed by atoms with Crippen LogP contribution in [0.4, 0.5) is 17.8 Å². The van der Waals surface area contributed by atoms with Gasteiger partial charge in [0, 0.05) is 13.1 Å². The maximum Gasteiger partial charge on any atom is 0.231 e. The van der Waals surface area contributed by atoms with E-state index in [-0.39, 0.29) is 18.1 Å². The lowest BCUT2D eigenvalue weighted by molar-refractivity contribution is 0.213. The Kier molecular flexibility index (Phi) is 4.59. The zero-order chi connectivity index (χ0) is 14.6. The molecule has 0 aromatic carbocycles. The molecule has 0 atom stereocenters. The van der Waals surface area contributed by atoms with E-state index >= 15 is 0 Å². The second kappa shape index (κ2) is 6.21. The van der Waals surface area contributed by atoms with Crippen molar-refractivity contribution in [2.45, 2.75) is 45.1 Å². The molecule has 1 aliphatic carbocycles. The number of aliphatic hydroxyl groups excluding tert-OH is 1. The highest BCUT2D eigenvalue weighted by Crippen LogP contribution is 2.32. The van der Waals surface area contributed by atoms with Crippen LogP contribution in [0.2, 0.25) is 0 Å². The van der Waals surface area contributed by atoms with Gasteiger partial charge in [-0.15, -0.1) is 0 Å². The molecule has 7 heteroatoms. The predicted molar refractivity (Wildman–Crippen MR) is 79.7 cm³/mol. The van der Waals surface area contributed by atoms with Crippen LogP contribution in [0.5, 0.6) is 0 Å². The molecule has 0 radical (unpaired) electrons. The normalized spacial score (nSPS) is 17.1. The van der Waals surface area contributed by atoms with Crippen molar-refractivity contribution in [3.63, 3.8) is 0 Å². The lowest BCUT2D eigenvalue weighted by Crippen LogP contribution is -2.40. The molecule has 2 rings (SSSR count). The van der Waals surface area contributed by atoms with Crippen LogP contribution < -0.4 is 16.0 Å². The minimum absolute atomic E-state index is 0.0825. The highest BCUT2D eigenvalue weighted by atomic mass is 16.3. The van der Waals surface area contributed by atoms with Gasteiger partial charge < -0.3 is 21.1 Å². The van der Waals surface area contributed by atoms with E-state index in [4.69, 9.17) is 5.73 Å². The summed E-state index contributed by atoms with van der Waals surface area (Å²) >= 11 is 0. The summed E-state index contributed by atoms with van der Waals surface area (Å²) in [5, 5.41) is 12.9. The molecule has 1 saturated carbocycles. The van der Waals surface area contributed by atoms with Crippen LogP contribution in [0.1, 0.15) is 39.5 Å². The third-order valence-corrected chi connectivity index (χ3v) is 3.93. The van der Waals surface area contributed by atoms with E-state index in [0.717, 1.165) is 38.8 Å². The van der Waals surface area contributed by atoms with E-state index in [1.165, 1.54) is 0 Å². The number of rotatable bonds is 6. The van der Waals surface area contributed by atoms with Crippen molar-refractivity contribution >= 4 is 17.8 Å². The quantitative estimate of drug-likeness (QED) is 0.715. The number of anilines is 3. The minimum Gasteiger partial charge on any atom is -0.394 e. The van der Waals surface area contributed by atoms with Crippen molar-refractivity contribution in [1.82, 2.24) is 15.0 Å². The zero-order valence-corrected chi connectivity index (χ0v) is 12.3. The molecule has 1 aromatic heterocycles. The molecule has 1 aromatic rings. The summed E-state index contributed by atoms with van der Waals surface area (Å²) in [4.78, 5) is 14.8. The highest BCUT2D eigenvalue weighted by Gasteiger charge is 2.34. The van der Waals surface area contributed by atoms with Crippen LogP contribution in [0.15, 0.2) is 0 Å². The molecule has 1 fully saturated rings. The second-order valence-electron chi connectivity index (χ2n) is 5.26. The third kappa shape index (κ3) is 3.09. The van der Waals surface area contributed by atoms with E-state index in [9.17, 15) is 5.11 Å². The van der Waals surface area contributed by atoms with Gasteiger partial charge in [0.1, 0.15) is 0 Å². The molecule has 0 saturated heterocycles. The van der Waals surface area contributed by atoms with E-state index in [1.807, 2.05) is 18.7 Å². The predicted octanol–water partition coefficient (Wildman–Crippen LogP) is 1.02. The molecule has 0 spiro atoms. The van der Waals surface area contributed by atoms with Crippen molar-refractivity contribution in [3.05, 3.63) is 0 Å². The monoisotopic (exact) mass is 280 g/mol. The van der Waals surface area contributed by atoms with Gasteiger partial charge in [0.2, 0.25) is 17.8 Å². The van der Waals surface area contributed by atoms with Gasteiger partial charge in [-0.1, -0.05) is 12.8 Å². The van der Waals surface area contributed by atoms with Crippen LogP contribution >= 0.6 is 0 Å². The summed E-state index contributed by atoms with van der Waals surface area (Å²) in [6.07, 6.45) is 4.07. The van der Waals surface area contributed by atoms with Gasteiger partial charge in [0.15, 0.2) is 0 Å². The topological polar surface area (TPSA) is 100 Å². The molecule has 0 bridgehead atoms. The number of nitrogens with one attached hydrogen (secondary N) is 1. The molecule has 1 heterocycles. The Morgan fingerprint density at radius 2 is 1.85 bits per heavy atom. The maximum absolute atomic E-state index is 9.64. The summed E-state index contributed by atoms with van der Waals surface area (Å²) < 4.78 is 0. The Morgan fingerprint density at radius 3 is 2.40 bits per heavy atom. The summed E-state index contributed by atoms with van der Waals surface area (Å²) in [5.74, 6) is 1.24. The average Bonchev–Trinajstić information content (AvgIpc) is 2.89. The second-order valence-corrected chi connectivity index (χ2v) is 5.26. The summed E-state index contributed by atoms with van der Waals surface area (Å²) in [7, 11) is 0. The number of nitrogens with zero attached hydrogens (tertiary/aromatic N) is 4. The fourth-order valence-electron chi connectivity index (χ4n) is 2.70. The summed E-state index contributed by atoms with van der Waals surface area (Å²) in [6, 6.07) is 0. The number of nitrogens with two attached hydrogens (primary N) is 1. The Balaban J connectivity index is 2.23. The first-order chi connectivity index (χ1) is 9.62. The first kappa shape index (κ1) is 14.8. The van der Waals surface area contributed by atoms with Gasteiger partial charge in [-0.05, 0) is 26.7 Å². The van der Waals surface area contributed by atoms with Gasteiger partial charge in [-0.25, -0.2) is 0 Å². The first-order valence-electron chi connectivity index (χ1n) is 7.28. The van der Waals surface area contributed by atoms with Crippen molar-refractivity contribution in [1.29, 1.82) is 0 Å². The Morgan fingerprint density at radius 1 is 1.20 bits per heavy atom. The van der Waals surface area contributed by atoms with Crippen LogP contribution in [-0.2, 0) is 0 Å². The molecular weight excluding hydrogens is 256 g/mol. The zero-order valence-electron chi connectivity index (χ0n) is 12.3. The average molecular weight is 280 g/mol. The van der Waals surface area contributed by atoms with Crippen molar-refractivity contribution in [3.8, 4) is 0 Å². The number of aromatic nitrogens is 3. The molecule has 20 heavy (non-hydrogen) atoms. The van der Waals surface area contributed by atoms with Crippen LogP contribution in [0.25, 0.3) is 0 Å². The summed E-state index contributed by atoms with van der Waals surface area (Å²) in [5.41, 5.74) is 5.46. The Labute approximate surface area is 119 Å². The lowest BCUT2D eigenvalue weighted by Gasteiger charge is -2.28. The smallest absolute Gasteiger partial charge is 0.231 e. The highest BCUT2D eigenvalue weighted by molar-refractivity contribution is 5.43. The molecular formula is C13H24N6O. The Hall–Kier alpha value is -1.63. The Bertz CT molecular complexity index is 442. The van der Waals surface area contributed by atoms with Crippen molar-refractivity contribution in [2.75, 3.05) is 35.6 Å². The van der Waals surface area contributed by atoms with Crippen molar-refractivity contribution < 1.29 is 5.11 Å². The summed E-state index contributed by atoms with van der Waals surface area (Å²) in [6.45, 7) is 5.79. The van der Waals surface area contributed by atoms with Gasteiger partial charge in [-0.3, -0.25) is 0 Å². The molecule has 0 aliphatic heterocycles. The van der Waals surface area contributed by atoms with Crippen LogP contribution in [-0.4, -0.2) is 45.3 Å². The molecule has 112 valence electrons. The molecule has 7 nitrogen and oxygen atoms in total. The van der Waals surface area contributed by atoms with E-state index < -0.39 is 0 Å². The third-order valence-electron chi connectivity index (χ3n) is 3.93. The fraction of sp³-hybridized carbons (Fsp3) is 0.769. The van der Waals surface area contributed by atoms with Gasteiger partial charge in [0.25, 0.3) is 0 Å². The largest absolute Gasteiger partial charge is 0.394 e. The number of hydrogen-bond donors (Lipinski definition) is 3. The van der Waals surface area contributed by atoms with E-state index in [1.54, 1.807) is 0 Å². The van der Waals surface area contributed by atoms with E-state index in [2.05, 4.69) is 20.3 Å². The van der Waals surface area contributed by atoms with Crippen molar-refractivity contribution in [2.24, 2.45) is 0 Å².